The molecule has 5 heteroatoms. The molecule has 0 amide bonds. The molecule has 0 aliphatic carbocycles. The van der Waals surface area contributed by atoms with Crippen LogP contribution in [0.25, 0.3) is 0 Å². The van der Waals surface area contributed by atoms with Crippen LogP contribution in [-0.2, 0) is 19.5 Å². The van der Waals surface area contributed by atoms with Crippen LogP contribution in [0.1, 0.15) is 37.0 Å². The van der Waals surface area contributed by atoms with Gasteiger partial charge in [-0.05, 0) is 24.0 Å². The van der Waals surface area contributed by atoms with Gasteiger partial charge in [0, 0.05) is 43.4 Å². The van der Waals surface area contributed by atoms with Crippen LogP contribution >= 0.6 is 11.8 Å². The van der Waals surface area contributed by atoms with Gasteiger partial charge in [0.1, 0.15) is 11.6 Å². The zero-order chi connectivity index (χ0) is 15.5. The van der Waals surface area contributed by atoms with Gasteiger partial charge in [0.25, 0.3) is 0 Å². The number of rotatable bonds is 4. The summed E-state index contributed by atoms with van der Waals surface area (Å²) in [5.74, 6) is 2.71. The predicted molar refractivity (Wildman–Crippen MR) is 91.3 cm³/mol. The standard InChI is InChI=1S/C17H24N4S/c1-13(2)17-19-18-16-8-9-20(10-11-21(16)17)12-14-4-6-15(22-3)7-5-14/h4-7,13H,8-12H2,1-3H3. The van der Waals surface area contributed by atoms with Gasteiger partial charge in [-0.15, -0.1) is 22.0 Å². The number of nitrogens with zero attached hydrogens (tertiary/aromatic N) is 4. The highest BCUT2D eigenvalue weighted by Gasteiger charge is 2.19. The quantitative estimate of drug-likeness (QED) is 0.811. The van der Waals surface area contributed by atoms with E-state index in [1.807, 2.05) is 0 Å². The fourth-order valence-electron chi connectivity index (χ4n) is 2.96. The van der Waals surface area contributed by atoms with E-state index in [1.165, 1.54) is 10.5 Å². The summed E-state index contributed by atoms with van der Waals surface area (Å²) >= 11 is 1.79. The van der Waals surface area contributed by atoms with E-state index in [0.29, 0.717) is 5.92 Å². The maximum absolute atomic E-state index is 4.39. The molecule has 118 valence electrons. The van der Waals surface area contributed by atoms with E-state index in [0.717, 1.165) is 44.2 Å². The molecule has 0 saturated heterocycles. The van der Waals surface area contributed by atoms with Crippen molar-refractivity contribution in [3.63, 3.8) is 0 Å². The summed E-state index contributed by atoms with van der Waals surface area (Å²) in [5, 5.41) is 8.74. The Balaban J connectivity index is 1.66. The average Bonchev–Trinajstić information content (AvgIpc) is 2.84. The molecule has 0 unspecified atom stereocenters. The highest BCUT2D eigenvalue weighted by molar-refractivity contribution is 7.98. The minimum Gasteiger partial charge on any atom is -0.313 e. The van der Waals surface area contributed by atoms with E-state index >= 15 is 0 Å². The average molecular weight is 316 g/mol. The Morgan fingerprint density at radius 2 is 1.86 bits per heavy atom. The second kappa shape index (κ2) is 6.84. The molecule has 3 rings (SSSR count). The maximum Gasteiger partial charge on any atom is 0.135 e. The Morgan fingerprint density at radius 3 is 2.55 bits per heavy atom. The monoisotopic (exact) mass is 316 g/mol. The van der Waals surface area contributed by atoms with E-state index < -0.39 is 0 Å². The number of aromatic nitrogens is 3. The molecule has 0 bridgehead atoms. The van der Waals surface area contributed by atoms with E-state index in [2.05, 4.69) is 64.0 Å². The summed E-state index contributed by atoms with van der Waals surface area (Å²) in [4.78, 5) is 3.85. The zero-order valence-corrected chi connectivity index (χ0v) is 14.4. The van der Waals surface area contributed by atoms with Crippen molar-refractivity contribution in [2.75, 3.05) is 19.3 Å². The molecule has 0 radical (unpaired) electrons. The minimum absolute atomic E-state index is 0.437. The Bertz CT molecular complexity index is 618. The first-order valence-electron chi connectivity index (χ1n) is 7.94. The van der Waals surface area contributed by atoms with Crippen LogP contribution in [0.4, 0.5) is 0 Å². The summed E-state index contributed by atoms with van der Waals surface area (Å²) in [5.41, 5.74) is 1.39. The smallest absolute Gasteiger partial charge is 0.135 e. The molecule has 1 aromatic heterocycles. The van der Waals surface area contributed by atoms with Crippen LogP contribution in [-0.4, -0.2) is 39.0 Å². The molecular weight excluding hydrogens is 292 g/mol. The number of benzene rings is 1. The molecule has 22 heavy (non-hydrogen) atoms. The van der Waals surface area contributed by atoms with Crippen LogP contribution in [0, 0.1) is 0 Å². The number of hydrogen-bond donors (Lipinski definition) is 0. The minimum atomic E-state index is 0.437. The third kappa shape index (κ3) is 3.36. The number of fused-ring (bicyclic) bond motifs is 1. The third-order valence-electron chi connectivity index (χ3n) is 4.23. The van der Waals surface area contributed by atoms with Crippen molar-refractivity contribution in [1.29, 1.82) is 0 Å². The summed E-state index contributed by atoms with van der Waals surface area (Å²) in [6.45, 7) is 8.51. The lowest BCUT2D eigenvalue weighted by Gasteiger charge is -2.20. The SMILES string of the molecule is CSc1ccc(CN2CCc3nnc(C(C)C)n3CC2)cc1. The lowest BCUT2D eigenvalue weighted by Crippen LogP contribution is -2.26. The molecule has 0 N–H and O–H groups in total. The molecule has 1 aliphatic rings. The second-order valence-electron chi connectivity index (χ2n) is 6.15. The Kier molecular flexibility index (Phi) is 4.84. The molecule has 2 heterocycles. The largest absolute Gasteiger partial charge is 0.313 e. The molecule has 1 aromatic carbocycles. The molecule has 0 spiro atoms. The Hall–Kier alpha value is -1.33. The molecule has 0 saturated carbocycles. The normalized spacial score (nSPS) is 15.8. The first-order chi connectivity index (χ1) is 10.7. The predicted octanol–water partition coefficient (Wildman–Crippen LogP) is 3.18. The number of hydrogen-bond acceptors (Lipinski definition) is 4. The zero-order valence-electron chi connectivity index (χ0n) is 13.6. The highest BCUT2D eigenvalue weighted by atomic mass is 32.2. The van der Waals surface area contributed by atoms with Gasteiger partial charge in [-0.2, -0.15) is 0 Å². The van der Waals surface area contributed by atoms with Crippen LogP contribution in [0.3, 0.4) is 0 Å². The first-order valence-corrected chi connectivity index (χ1v) is 9.17. The maximum atomic E-state index is 4.39. The van der Waals surface area contributed by atoms with Gasteiger partial charge >= 0.3 is 0 Å². The van der Waals surface area contributed by atoms with Crippen molar-refractivity contribution in [3.8, 4) is 0 Å². The third-order valence-corrected chi connectivity index (χ3v) is 4.97. The van der Waals surface area contributed by atoms with Crippen molar-refractivity contribution in [2.24, 2.45) is 0 Å². The second-order valence-corrected chi connectivity index (χ2v) is 7.03. The van der Waals surface area contributed by atoms with Gasteiger partial charge in [0.05, 0.1) is 0 Å². The van der Waals surface area contributed by atoms with E-state index in [4.69, 9.17) is 0 Å². The fourth-order valence-corrected chi connectivity index (χ4v) is 3.37. The highest BCUT2D eigenvalue weighted by Crippen LogP contribution is 2.19. The van der Waals surface area contributed by atoms with E-state index in [-0.39, 0.29) is 0 Å². The summed E-state index contributed by atoms with van der Waals surface area (Å²) < 4.78 is 2.32. The van der Waals surface area contributed by atoms with Gasteiger partial charge in [0.2, 0.25) is 0 Å². The van der Waals surface area contributed by atoms with Crippen LogP contribution in [0.2, 0.25) is 0 Å². The molecule has 2 aromatic rings. The van der Waals surface area contributed by atoms with Crippen LogP contribution in [0.5, 0.6) is 0 Å². The Labute approximate surface area is 136 Å². The summed E-state index contributed by atoms with van der Waals surface area (Å²) in [6.07, 6.45) is 3.11. The Morgan fingerprint density at radius 1 is 1.09 bits per heavy atom. The lowest BCUT2D eigenvalue weighted by molar-refractivity contribution is 0.270. The van der Waals surface area contributed by atoms with Gasteiger partial charge in [-0.25, -0.2) is 0 Å². The van der Waals surface area contributed by atoms with Crippen molar-refractivity contribution >= 4 is 11.8 Å². The topological polar surface area (TPSA) is 34.0 Å². The molecule has 0 atom stereocenters. The lowest BCUT2D eigenvalue weighted by atomic mass is 10.2. The van der Waals surface area contributed by atoms with Crippen molar-refractivity contribution < 1.29 is 0 Å². The van der Waals surface area contributed by atoms with Crippen molar-refractivity contribution in [1.82, 2.24) is 19.7 Å². The van der Waals surface area contributed by atoms with Crippen molar-refractivity contribution in [2.45, 2.75) is 44.2 Å². The van der Waals surface area contributed by atoms with E-state index in [9.17, 15) is 0 Å². The van der Waals surface area contributed by atoms with Gasteiger partial charge in [-0.1, -0.05) is 26.0 Å². The summed E-state index contributed by atoms with van der Waals surface area (Å²) in [7, 11) is 0. The van der Waals surface area contributed by atoms with Gasteiger partial charge in [0.15, 0.2) is 0 Å². The first kappa shape index (κ1) is 15.6. The fraction of sp³-hybridized carbons (Fsp3) is 0.529. The van der Waals surface area contributed by atoms with Gasteiger partial charge in [-0.3, -0.25) is 4.90 Å². The molecular formula is C17H24N4S. The van der Waals surface area contributed by atoms with Crippen LogP contribution < -0.4 is 0 Å². The van der Waals surface area contributed by atoms with Crippen molar-refractivity contribution in [3.05, 3.63) is 41.5 Å². The molecule has 1 aliphatic heterocycles. The number of thioether (sulfide) groups is 1. The van der Waals surface area contributed by atoms with E-state index in [1.54, 1.807) is 11.8 Å². The molecule has 0 fully saturated rings. The van der Waals surface area contributed by atoms with Gasteiger partial charge < -0.3 is 4.57 Å². The van der Waals surface area contributed by atoms with Crippen LogP contribution in [0.15, 0.2) is 29.2 Å². The summed E-state index contributed by atoms with van der Waals surface area (Å²) in [6, 6.07) is 8.92. The molecule has 4 nitrogen and oxygen atoms in total.